The largest absolute Gasteiger partial charge is 0.319 e. The molecule has 0 spiro atoms. The Kier molecular flexibility index (Phi) is 3.57. The van der Waals surface area contributed by atoms with Crippen LogP contribution in [0.2, 0.25) is 0 Å². The molecule has 0 radical (unpaired) electrons. The molecule has 0 saturated heterocycles. The summed E-state index contributed by atoms with van der Waals surface area (Å²) >= 11 is 0. The van der Waals surface area contributed by atoms with Crippen LogP contribution in [0.15, 0.2) is 0 Å². The minimum Gasteiger partial charge on any atom is -0.319 e. The van der Waals surface area contributed by atoms with Crippen molar-refractivity contribution < 1.29 is 4.79 Å². The summed E-state index contributed by atoms with van der Waals surface area (Å²) in [6.07, 6.45) is 5.45. The molecule has 0 heterocycles. The summed E-state index contributed by atoms with van der Waals surface area (Å²) in [4.78, 5) is 11.2. The van der Waals surface area contributed by atoms with Crippen molar-refractivity contribution in [1.29, 1.82) is 0 Å². The maximum atomic E-state index is 11.2. The highest BCUT2D eigenvalue weighted by molar-refractivity contribution is 5.78. The normalized spacial score (nSPS) is 17.9. The molecule has 1 saturated carbocycles. The van der Waals surface area contributed by atoms with Crippen molar-refractivity contribution in [2.75, 3.05) is 13.6 Å². The van der Waals surface area contributed by atoms with Crippen LogP contribution in [-0.4, -0.2) is 19.4 Å². The summed E-state index contributed by atoms with van der Waals surface area (Å²) in [5.41, 5.74) is 0. The van der Waals surface area contributed by atoms with Gasteiger partial charge in [0.15, 0.2) is 0 Å². The third kappa shape index (κ3) is 3.02. The van der Waals surface area contributed by atoms with Gasteiger partial charge in [0.05, 0.1) is 0 Å². The minimum atomic E-state index is 0.434. The van der Waals surface area contributed by atoms with Crippen molar-refractivity contribution in [1.82, 2.24) is 5.32 Å². The number of nitrogens with one attached hydrogen (secondary N) is 1. The molecule has 2 nitrogen and oxygen atoms in total. The molecule has 1 fully saturated rings. The first-order chi connectivity index (χ1) is 5.33. The molecule has 0 amide bonds. The Bertz CT molecular complexity index is 130. The maximum absolute atomic E-state index is 11.2. The molecule has 0 bridgehead atoms. The Labute approximate surface area is 68.4 Å². The molecule has 0 unspecified atom stereocenters. The van der Waals surface area contributed by atoms with Gasteiger partial charge in [0.1, 0.15) is 5.78 Å². The third-order valence-electron chi connectivity index (χ3n) is 2.39. The van der Waals surface area contributed by atoms with Crippen LogP contribution in [0.3, 0.4) is 0 Å². The van der Waals surface area contributed by atoms with E-state index >= 15 is 0 Å². The van der Waals surface area contributed by atoms with Crippen molar-refractivity contribution in [2.24, 2.45) is 5.92 Å². The monoisotopic (exact) mass is 155 g/mol. The van der Waals surface area contributed by atoms with Crippen molar-refractivity contribution in [3.8, 4) is 0 Å². The zero-order chi connectivity index (χ0) is 8.10. The first-order valence-electron chi connectivity index (χ1n) is 4.49. The van der Waals surface area contributed by atoms with Gasteiger partial charge in [-0.3, -0.25) is 4.79 Å². The zero-order valence-electron chi connectivity index (χ0n) is 7.23. The highest BCUT2D eigenvalue weighted by atomic mass is 16.1. The summed E-state index contributed by atoms with van der Waals surface area (Å²) in [6, 6.07) is 0. The topological polar surface area (TPSA) is 29.1 Å². The van der Waals surface area contributed by atoms with Crippen molar-refractivity contribution in [3.63, 3.8) is 0 Å². The predicted molar refractivity (Wildman–Crippen MR) is 45.5 cm³/mol. The predicted octanol–water partition coefficient (Wildman–Crippen LogP) is 1.36. The zero-order valence-corrected chi connectivity index (χ0v) is 7.23. The fourth-order valence-corrected chi connectivity index (χ4v) is 1.39. The van der Waals surface area contributed by atoms with Crippen LogP contribution >= 0.6 is 0 Å². The average molecular weight is 155 g/mol. The van der Waals surface area contributed by atoms with Gasteiger partial charge in [-0.15, -0.1) is 0 Å². The number of carbonyl (C=O) groups is 1. The van der Waals surface area contributed by atoms with Gasteiger partial charge in [-0.1, -0.05) is 19.3 Å². The van der Waals surface area contributed by atoms with Crippen LogP contribution in [0.1, 0.15) is 32.1 Å². The van der Waals surface area contributed by atoms with Gasteiger partial charge in [0.25, 0.3) is 0 Å². The molecule has 64 valence electrons. The van der Waals surface area contributed by atoms with Gasteiger partial charge < -0.3 is 5.32 Å². The number of ketones is 1. The first-order valence-corrected chi connectivity index (χ1v) is 4.49. The van der Waals surface area contributed by atoms with Crippen molar-refractivity contribution in [3.05, 3.63) is 0 Å². The quantitative estimate of drug-likeness (QED) is 0.649. The van der Waals surface area contributed by atoms with Crippen LogP contribution in [0.4, 0.5) is 0 Å². The molecule has 1 aliphatic carbocycles. The summed E-state index contributed by atoms with van der Waals surface area (Å²) in [6.45, 7) is 0.839. The van der Waals surface area contributed by atoms with Crippen molar-refractivity contribution in [2.45, 2.75) is 32.1 Å². The maximum Gasteiger partial charge on any atom is 0.134 e. The van der Waals surface area contributed by atoms with Gasteiger partial charge in [-0.05, 0) is 13.0 Å². The van der Waals surface area contributed by atoms with Crippen LogP contribution in [0.25, 0.3) is 0 Å². The Morgan fingerprint density at radius 1 is 1.55 bits per heavy atom. The number of rotatable bonds is 5. The smallest absolute Gasteiger partial charge is 0.134 e. The highest BCUT2D eigenvalue weighted by Crippen LogP contribution is 2.29. The van der Waals surface area contributed by atoms with Crippen molar-refractivity contribution >= 4 is 5.78 Å². The lowest BCUT2D eigenvalue weighted by Gasteiger charge is -2.24. The SMILES string of the molecule is CNCCC(=O)CC1CCC1. The number of carbonyl (C=O) groups excluding carboxylic acids is 1. The van der Waals surface area contributed by atoms with E-state index in [0.717, 1.165) is 18.9 Å². The number of Topliss-reactive ketones (excluding diaryl/α,β-unsaturated/α-hetero) is 1. The number of hydrogen-bond donors (Lipinski definition) is 1. The van der Waals surface area contributed by atoms with Crippen LogP contribution in [-0.2, 0) is 4.79 Å². The lowest BCUT2D eigenvalue weighted by Crippen LogP contribution is -2.19. The Morgan fingerprint density at radius 3 is 2.73 bits per heavy atom. The van der Waals surface area contributed by atoms with Gasteiger partial charge in [0, 0.05) is 19.4 Å². The lowest BCUT2D eigenvalue weighted by molar-refractivity contribution is -0.120. The van der Waals surface area contributed by atoms with Crippen LogP contribution in [0.5, 0.6) is 0 Å². The second-order valence-electron chi connectivity index (χ2n) is 3.39. The van der Waals surface area contributed by atoms with E-state index < -0.39 is 0 Å². The third-order valence-corrected chi connectivity index (χ3v) is 2.39. The molecule has 2 heteroatoms. The molecule has 0 aromatic carbocycles. The van der Waals surface area contributed by atoms with Gasteiger partial charge in [-0.2, -0.15) is 0 Å². The number of hydrogen-bond acceptors (Lipinski definition) is 2. The summed E-state index contributed by atoms with van der Waals surface area (Å²) in [5.74, 6) is 1.17. The molecular formula is C9H17NO. The van der Waals surface area contributed by atoms with Crippen LogP contribution in [0, 0.1) is 5.92 Å². The Hall–Kier alpha value is -0.370. The van der Waals surface area contributed by atoms with E-state index in [2.05, 4.69) is 5.32 Å². The second-order valence-corrected chi connectivity index (χ2v) is 3.39. The summed E-state index contributed by atoms with van der Waals surface area (Å²) in [7, 11) is 1.89. The van der Waals surface area contributed by atoms with Gasteiger partial charge >= 0.3 is 0 Å². The molecule has 0 atom stereocenters. The lowest BCUT2D eigenvalue weighted by atomic mass is 9.81. The molecule has 0 aromatic rings. The van der Waals surface area contributed by atoms with E-state index in [0.29, 0.717) is 12.2 Å². The molecule has 0 aromatic heterocycles. The van der Waals surface area contributed by atoms with E-state index in [-0.39, 0.29) is 0 Å². The molecule has 1 aliphatic rings. The second kappa shape index (κ2) is 4.50. The van der Waals surface area contributed by atoms with E-state index in [1.165, 1.54) is 19.3 Å². The molecular weight excluding hydrogens is 138 g/mol. The van der Waals surface area contributed by atoms with Crippen LogP contribution < -0.4 is 5.32 Å². The Morgan fingerprint density at radius 2 is 2.27 bits per heavy atom. The first kappa shape index (κ1) is 8.72. The minimum absolute atomic E-state index is 0.434. The average Bonchev–Trinajstić information content (AvgIpc) is 1.93. The highest BCUT2D eigenvalue weighted by Gasteiger charge is 2.19. The molecule has 1 rings (SSSR count). The van der Waals surface area contributed by atoms with Gasteiger partial charge in [0.2, 0.25) is 0 Å². The molecule has 11 heavy (non-hydrogen) atoms. The Balaban J connectivity index is 2.00. The van der Waals surface area contributed by atoms with Gasteiger partial charge in [-0.25, -0.2) is 0 Å². The van der Waals surface area contributed by atoms with E-state index in [1.54, 1.807) is 0 Å². The van der Waals surface area contributed by atoms with E-state index in [1.807, 2.05) is 7.05 Å². The fraction of sp³-hybridized carbons (Fsp3) is 0.889. The standard InChI is InChI=1S/C9H17NO/c1-10-6-5-9(11)7-8-3-2-4-8/h8,10H,2-7H2,1H3. The summed E-state index contributed by atoms with van der Waals surface area (Å²) in [5, 5.41) is 2.99. The molecule has 0 aliphatic heterocycles. The van der Waals surface area contributed by atoms with E-state index in [4.69, 9.17) is 0 Å². The molecule has 1 N–H and O–H groups in total. The summed E-state index contributed by atoms with van der Waals surface area (Å²) < 4.78 is 0. The fourth-order valence-electron chi connectivity index (χ4n) is 1.39. The van der Waals surface area contributed by atoms with E-state index in [9.17, 15) is 4.79 Å².